The van der Waals surface area contributed by atoms with Gasteiger partial charge in [-0.15, -0.1) is 0 Å². The van der Waals surface area contributed by atoms with Crippen LogP contribution in [-0.2, 0) is 0 Å². The van der Waals surface area contributed by atoms with Crippen LogP contribution in [0.5, 0.6) is 0 Å². The smallest absolute Gasteiger partial charge is 0.253 e. The Hall–Kier alpha value is -0.870. The van der Waals surface area contributed by atoms with Gasteiger partial charge in [0.1, 0.15) is 0 Å². The van der Waals surface area contributed by atoms with Crippen LogP contribution in [0.1, 0.15) is 36.2 Å². The molecule has 0 aliphatic rings. The maximum absolute atomic E-state index is 12.3. The minimum absolute atomic E-state index is 0.0386. The summed E-state index contributed by atoms with van der Waals surface area (Å²) in [5.41, 5.74) is 7.83. The molecule has 0 aliphatic carbocycles. The lowest BCUT2D eigenvalue weighted by atomic mass is 10.0. The first-order valence-corrected chi connectivity index (χ1v) is 7.39. The van der Waals surface area contributed by atoms with E-state index in [2.05, 4.69) is 29.8 Å². The van der Waals surface area contributed by atoms with Crippen molar-refractivity contribution >= 4 is 21.8 Å². The van der Waals surface area contributed by atoms with Gasteiger partial charge in [-0.2, -0.15) is 0 Å². The fraction of sp³-hybridized carbons (Fsp3) is 0.533. The number of aryl methyl sites for hydroxylation is 1. The average Bonchev–Trinajstić information content (AvgIpc) is 2.37. The van der Waals surface area contributed by atoms with Gasteiger partial charge in [0.05, 0.1) is 0 Å². The molecule has 1 amide bonds. The van der Waals surface area contributed by atoms with Crippen LogP contribution in [0.25, 0.3) is 0 Å². The van der Waals surface area contributed by atoms with Crippen LogP contribution in [0.4, 0.5) is 0 Å². The van der Waals surface area contributed by atoms with Gasteiger partial charge in [0, 0.05) is 29.7 Å². The third-order valence-electron chi connectivity index (χ3n) is 3.42. The van der Waals surface area contributed by atoms with E-state index in [-0.39, 0.29) is 11.9 Å². The van der Waals surface area contributed by atoms with Gasteiger partial charge in [0.15, 0.2) is 0 Å². The number of rotatable bonds is 5. The zero-order chi connectivity index (χ0) is 14.6. The Kier molecular flexibility index (Phi) is 6.01. The molecule has 2 N–H and O–H groups in total. The van der Waals surface area contributed by atoms with E-state index in [1.54, 1.807) is 4.90 Å². The minimum Gasteiger partial charge on any atom is -0.342 e. The molecule has 1 unspecified atom stereocenters. The van der Waals surface area contributed by atoms with Crippen LogP contribution in [0.3, 0.4) is 0 Å². The Balaban J connectivity index is 2.64. The van der Waals surface area contributed by atoms with Gasteiger partial charge in [-0.1, -0.05) is 35.8 Å². The summed E-state index contributed by atoms with van der Waals surface area (Å²) in [5.74, 6) is 0.480. The van der Waals surface area contributed by atoms with Crippen molar-refractivity contribution < 1.29 is 4.79 Å². The van der Waals surface area contributed by atoms with Crippen molar-refractivity contribution in [3.63, 3.8) is 0 Å². The topological polar surface area (TPSA) is 46.3 Å². The molecular formula is C15H23BrN2O. The summed E-state index contributed by atoms with van der Waals surface area (Å²) in [7, 11) is 1.82. The molecular weight excluding hydrogens is 304 g/mol. The number of hydrogen-bond donors (Lipinski definition) is 1. The van der Waals surface area contributed by atoms with E-state index < -0.39 is 0 Å². The summed E-state index contributed by atoms with van der Waals surface area (Å²) < 4.78 is 0.964. The lowest BCUT2D eigenvalue weighted by molar-refractivity contribution is 0.0789. The Morgan fingerprint density at radius 3 is 2.58 bits per heavy atom. The molecule has 4 heteroatoms. The van der Waals surface area contributed by atoms with Crippen molar-refractivity contribution in [1.29, 1.82) is 0 Å². The average molecular weight is 327 g/mol. The summed E-state index contributed by atoms with van der Waals surface area (Å²) in [6, 6.07) is 5.82. The fourth-order valence-electron chi connectivity index (χ4n) is 1.72. The Labute approximate surface area is 124 Å². The number of hydrogen-bond acceptors (Lipinski definition) is 2. The van der Waals surface area contributed by atoms with Gasteiger partial charge in [0.25, 0.3) is 5.91 Å². The molecule has 106 valence electrons. The van der Waals surface area contributed by atoms with E-state index in [4.69, 9.17) is 5.73 Å². The summed E-state index contributed by atoms with van der Waals surface area (Å²) >= 11 is 3.45. The third-order valence-corrected chi connectivity index (χ3v) is 4.27. The molecule has 1 atom stereocenters. The van der Waals surface area contributed by atoms with Crippen LogP contribution in [0.15, 0.2) is 22.7 Å². The maximum atomic E-state index is 12.3. The van der Waals surface area contributed by atoms with Crippen molar-refractivity contribution in [1.82, 2.24) is 4.90 Å². The van der Waals surface area contributed by atoms with E-state index in [9.17, 15) is 4.79 Å². The highest BCUT2D eigenvalue weighted by Crippen LogP contribution is 2.18. The zero-order valence-corrected chi connectivity index (χ0v) is 13.7. The standard InChI is InChI=1S/C15H23BrN2O/c1-10(2)14(17)7-8-18(4)15(19)12-6-5-11(3)13(16)9-12/h5-6,9-10,14H,7-8,17H2,1-4H3. The Bertz CT molecular complexity index is 446. The van der Waals surface area contributed by atoms with Gasteiger partial charge in [-0.05, 0) is 37.0 Å². The highest BCUT2D eigenvalue weighted by Gasteiger charge is 2.15. The number of amides is 1. The molecule has 0 fully saturated rings. The predicted molar refractivity (Wildman–Crippen MR) is 83.3 cm³/mol. The van der Waals surface area contributed by atoms with Crippen molar-refractivity contribution in [2.75, 3.05) is 13.6 Å². The molecule has 3 nitrogen and oxygen atoms in total. The molecule has 0 heterocycles. The molecule has 1 rings (SSSR count). The van der Waals surface area contributed by atoms with Crippen LogP contribution < -0.4 is 5.73 Å². The normalized spacial score (nSPS) is 12.6. The summed E-state index contributed by atoms with van der Waals surface area (Å²) in [6.45, 7) is 6.89. The SMILES string of the molecule is Cc1ccc(C(=O)N(C)CCC(N)C(C)C)cc1Br. The Morgan fingerprint density at radius 2 is 2.05 bits per heavy atom. The third kappa shape index (κ3) is 4.62. The zero-order valence-electron chi connectivity index (χ0n) is 12.1. The maximum Gasteiger partial charge on any atom is 0.253 e. The molecule has 0 radical (unpaired) electrons. The van der Waals surface area contributed by atoms with E-state index in [1.165, 1.54) is 0 Å². The van der Waals surface area contributed by atoms with Crippen molar-refractivity contribution in [2.45, 2.75) is 33.2 Å². The van der Waals surface area contributed by atoms with Crippen LogP contribution in [0, 0.1) is 12.8 Å². The van der Waals surface area contributed by atoms with Gasteiger partial charge in [-0.3, -0.25) is 4.79 Å². The summed E-state index contributed by atoms with van der Waals surface area (Å²) in [5, 5.41) is 0. The van der Waals surface area contributed by atoms with Crippen molar-refractivity contribution in [2.24, 2.45) is 11.7 Å². The fourth-order valence-corrected chi connectivity index (χ4v) is 2.10. The summed E-state index contributed by atoms with van der Waals surface area (Å²) in [6.07, 6.45) is 0.826. The largest absolute Gasteiger partial charge is 0.342 e. The van der Waals surface area contributed by atoms with E-state index >= 15 is 0 Å². The van der Waals surface area contributed by atoms with Crippen LogP contribution in [-0.4, -0.2) is 30.4 Å². The Morgan fingerprint density at radius 1 is 1.42 bits per heavy atom. The number of benzene rings is 1. The summed E-state index contributed by atoms with van der Waals surface area (Å²) in [4.78, 5) is 14.0. The first-order valence-electron chi connectivity index (χ1n) is 6.60. The molecule has 1 aromatic rings. The van der Waals surface area contributed by atoms with Crippen LogP contribution >= 0.6 is 15.9 Å². The molecule has 1 aromatic carbocycles. The molecule has 0 aliphatic heterocycles. The van der Waals surface area contributed by atoms with Gasteiger partial charge < -0.3 is 10.6 Å². The highest BCUT2D eigenvalue weighted by atomic mass is 79.9. The molecule has 0 bridgehead atoms. The second-order valence-corrected chi connectivity index (χ2v) is 6.24. The number of carbonyl (C=O) groups is 1. The van der Waals surface area contributed by atoms with Gasteiger partial charge in [-0.25, -0.2) is 0 Å². The van der Waals surface area contributed by atoms with E-state index in [0.717, 1.165) is 16.5 Å². The first-order chi connectivity index (χ1) is 8.82. The number of carbonyl (C=O) groups excluding carboxylic acids is 1. The monoisotopic (exact) mass is 326 g/mol. The first kappa shape index (κ1) is 16.2. The number of nitrogens with zero attached hydrogens (tertiary/aromatic N) is 1. The highest BCUT2D eigenvalue weighted by molar-refractivity contribution is 9.10. The molecule has 0 saturated heterocycles. The number of halogens is 1. The number of nitrogens with two attached hydrogens (primary N) is 1. The van der Waals surface area contributed by atoms with Crippen molar-refractivity contribution in [3.05, 3.63) is 33.8 Å². The van der Waals surface area contributed by atoms with E-state index in [0.29, 0.717) is 18.0 Å². The molecule has 0 aromatic heterocycles. The molecule has 0 saturated carbocycles. The lowest BCUT2D eigenvalue weighted by Crippen LogP contribution is -2.34. The van der Waals surface area contributed by atoms with Crippen LogP contribution in [0.2, 0.25) is 0 Å². The molecule has 19 heavy (non-hydrogen) atoms. The minimum atomic E-state index is 0.0386. The van der Waals surface area contributed by atoms with Crippen molar-refractivity contribution in [3.8, 4) is 0 Å². The lowest BCUT2D eigenvalue weighted by Gasteiger charge is -2.21. The second-order valence-electron chi connectivity index (χ2n) is 5.39. The second kappa shape index (κ2) is 7.06. The van der Waals surface area contributed by atoms with E-state index in [1.807, 2.05) is 32.2 Å². The van der Waals surface area contributed by atoms with Gasteiger partial charge >= 0.3 is 0 Å². The molecule has 0 spiro atoms. The van der Waals surface area contributed by atoms with Gasteiger partial charge in [0.2, 0.25) is 0 Å². The predicted octanol–water partition coefficient (Wildman–Crippen LogP) is 3.20. The quantitative estimate of drug-likeness (QED) is 0.903.